The van der Waals surface area contributed by atoms with Crippen molar-refractivity contribution in [3.63, 3.8) is 0 Å². The second-order valence-corrected chi connectivity index (χ2v) is 14.3. The average Bonchev–Trinajstić information content (AvgIpc) is 2.61. The zero-order chi connectivity index (χ0) is 19.9. The molecule has 0 heterocycles. The summed E-state index contributed by atoms with van der Waals surface area (Å²) in [7, 11) is -5.40. The fourth-order valence-corrected chi connectivity index (χ4v) is 12.9. The van der Waals surface area contributed by atoms with E-state index in [4.69, 9.17) is 22.1 Å². The summed E-state index contributed by atoms with van der Waals surface area (Å²) in [5.74, 6) is 0. The van der Waals surface area contributed by atoms with Crippen molar-refractivity contribution >= 4 is 40.0 Å². The lowest BCUT2D eigenvalue weighted by Crippen LogP contribution is -2.61. The third-order valence-corrected chi connectivity index (χ3v) is 14.6. The molecule has 1 atom stereocenters. The Labute approximate surface area is 177 Å². The summed E-state index contributed by atoms with van der Waals surface area (Å²) in [6.45, 7) is 15.3. The highest BCUT2D eigenvalue weighted by molar-refractivity contribution is 14.1. The first-order valence-corrected chi connectivity index (χ1v) is 15.7. The molecule has 0 rings (SSSR count). The van der Waals surface area contributed by atoms with E-state index in [1.165, 1.54) is 23.7 Å². The summed E-state index contributed by atoms with van der Waals surface area (Å²) in [4.78, 5) is 0. The van der Waals surface area contributed by atoms with Crippen molar-refractivity contribution in [2.24, 2.45) is 0 Å². The Balaban J connectivity index is 5.54. The molecule has 0 saturated heterocycles. The van der Waals surface area contributed by atoms with Gasteiger partial charge in [0.15, 0.2) is 0 Å². The van der Waals surface area contributed by atoms with Crippen LogP contribution in [0, 0.1) is 0 Å². The second-order valence-electron chi connectivity index (χ2n) is 6.16. The van der Waals surface area contributed by atoms with Crippen LogP contribution in [0.1, 0.15) is 67.2 Å². The van der Waals surface area contributed by atoms with Crippen LogP contribution >= 0.6 is 22.6 Å². The summed E-state index contributed by atoms with van der Waals surface area (Å²) in [5.41, 5.74) is 0. The molecule has 0 aromatic heterocycles. The van der Waals surface area contributed by atoms with E-state index in [0.29, 0.717) is 33.0 Å². The molecule has 0 aliphatic heterocycles. The topological polar surface area (TPSA) is 46.2 Å². The highest BCUT2D eigenvalue weighted by Gasteiger charge is 2.60. The van der Waals surface area contributed by atoms with Crippen LogP contribution in [0.3, 0.4) is 0 Å². The van der Waals surface area contributed by atoms with Gasteiger partial charge in [-0.25, -0.2) is 0 Å². The molecule has 0 aromatic rings. The molecule has 5 nitrogen and oxygen atoms in total. The fourth-order valence-electron chi connectivity index (χ4n) is 3.33. The van der Waals surface area contributed by atoms with Crippen LogP contribution in [0.4, 0.5) is 0 Å². The lowest BCUT2D eigenvalue weighted by molar-refractivity contribution is 0.0608. The number of halogens is 1. The first-order chi connectivity index (χ1) is 12.5. The van der Waals surface area contributed by atoms with Gasteiger partial charge in [-0.3, -0.25) is 0 Å². The largest absolute Gasteiger partial charge is 0.505 e. The molecule has 26 heavy (non-hydrogen) atoms. The summed E-state index contributed by atoms with van der Waals surface area (Å²) in [6.07, 6.45) is 4.90. The number of unbranched alkanes of at least 4 members (excludes halogenated alkanes) is 3. The van der Waals surface area contributed by atoms with E-state index in [1.807, 2.05) is 20.8 Å². The lowest BCUT2D eigenvalue weighted by atomic mass is 10.2. The molecule has 0 amide bonds. The summed E-state index contributed by atoms with van der Waals surface area (Å²) >= 11 is 2.45. The molecule has 158 valence electrons. The number of rotatable bonds is 18. The minimum absolute atomic E-state index is 0.0410. The molecule has 0 aliphatic rings. The number of alkyl halides is 1. The Morgan fingerprint density at radius 1 is 0.654 bits per heavy atom. The van der Waals surface area contributed by atoms with Gasteiger partial charge in [-0.1, -0.05) is 48.8 Å². The zero-order valence-corrected chi connectivity index (χ0v) is 21.9. The van der Waals surface area contributed by atoms with E-state index in [1.54, 1.807) is 0 Å². The highest BCUT2D eigenvalue weighted by atomic mass is 127. The van der Waals surface area contributed by atoms with Crippen molar-refractivity contribution in [2.45, 2.75) is 78.4 Å². The van der Waals surface area contributed by atoms with Gasteiger partial charge in [0.05, 0.1) is 5.16 Å². The molecule has 0 saturated carbocycles. The zero-order valence-electron chi connectivity index (χ0n) is 17.8. The molecule has 0 bridgehead atoms. The SMILES string of the molecule is CCO[Si](CCCCCCI)(OCC)C(C)[Si](OCC)(OCC)OCC. The van der Waals surface area contributed by atoms with Crippen LogP contribution in [-0.4, -0.2) is 54.8 Å². The predicted molar refractivity (Wildman–Crippen MR) is 121 cm³/mol. The lowest BCUT2D eigenvalue weighted by Gasteiger charge is -2.42. The van der Waals surface area contributed by atoms with Crippen molar-refractivity contribution in [1.82, 2.24) is 0 Å². The van der Waals surface area contributed by atoms with Crippen LogP contribution in [0.5, 0.6) is 0 Å². The minimum Gasteiger partial charge on any atom is -0.394 e. The third-order valence-electron chi connectivity index (χ3n) is 4.41. The van der Waals surface area contributed by atoms with Gasteiger partial charge in [-0.2, -0.15) is 0 Å². The fraction of sp³-hybridized carbons (Fsp3) is 1.00. The Bertz CT molecular complexity index is 314. The van der Waals surface area contributed by atoms with E-state index in [2.05, 4.69) is 43.4 Å². The molecule has 0 fully saturated rings. The minimum atomic E-state index is -2.87. The summed E-state index contributed by atoms with van der Waals surface area (Å²) < 4.78 is 32.6. The Hall–Kier alpha value is 0.964. The van der Waals surface area contributed by atoms with E-state index < -0.39 is 17.4 Å². The quantitative estimate of drug-likeness (QED) is 0.104. The Morgan fingerprint density at radius 2 is 1.08 bits per heavy atom. The van der Waals surface area contributed by atoms with Crippen molar-refractivity contribution in [3.05, 3.63) is 0 Å². The third kappa shape index (κ3) is 8.54. The summed E-state index contributed by atoms with van der Waals surface area (Å²) in [5, 5.41) is 0.0410. The van der Waals surface area contributed by atoms with Crippen LogP contribution in [-0.2, 0) is 22.1 Å². The van der Waals surface area contributed by atoms with Crippen molar-refractivity contribution in [3.8, 4) is 0 Å². The van der Waals surface area contributed by atoms with Crippen molar-refractivity contribution in [2.75, 3.05) is 37.5 Å². The van der Waals surface area contributed by atoms with Crippen molar-refractivity contribution in [1.29, 1.82) is 0 Å². The molecule has 0 aliphatic carbocycles. The van der Waals surface area contributed by atoms with Crippen molar-refractivity contribution < 1.29 is 22.1 Å². The van der Waals surface area contributed by atoms with Gasteiger partial charge in [-0.05, 0) is 51.5 Å². The van der Waals surface area contributed by atoms with E-state index in [9.17, 15) is 0 Å². The standard InChI is InChI=1S/C18H41IO5Si2/c1-7-20-25(21-8-2,17-15-13-12-14-16-19)18(6)26(22-9-3,23-10-4)24-11-5/h18H,7-17H2,1-6H3. The molecule has 0 N–H and O–H groups in total. The van der Waals surface area contributed by atoms with Crippen LogP contribution in [0.15, 0.2) is 0 Å². The maximum atomic E-state index is 6.39. The second kappa shape index (κ2) is 15.8. The van der Waals surface area contributed by atoms with Gasteiger partial charge in [0.25, 0.3) is 0 Å². The monoisotopic (exact) mass is 520 g/mol. The number of hydrogen-bond donors (Lipinski definition) is 0. The van der Waals surface area contributed by atoms with Gasteiger partial charge in [-0.15, -0.1) is 0 Å². The van der Waals surface area contributed by atoms with Gasteiger partial charge in [0.1, 0.15) is 0 Å². The first-order valence-electron chi connectivity index (χ1n) is 10.3. The first kappa shape index (κ1) is 27.0. The van der Waals surface area contributed by atoms with E-state index in [-0.39, 0.29) is 5.16 Å². The molecule has 0 radical (unpaired) electrons. The van der Waals surface area contributed by atoms with Gasteiger partial charge < -0.3 is 22.1 Å². The maximum absolute atomic E-state index is 6.39. The van der Waals surface area contributed by atoms with Crippen LogP contribution < -0.4 is 0 Å². The molecular formula is C18H41IO5Si2. The summed E-state index contributed by atoms with van der Waals surface area (Å²) in [6, 6.07) is 0.971. The molecular weight excluding hydrogens is 479 g/mol. The van der Waals surface area contributed by atoms with Gasteiger partial charge >= 0.3 is 17.4 Å². The Morgan fingerprint density at radius 3 is 1.46 bits per heavy atom. The molecule has 1 unspecified atom stereocenters. The number of hydrogen-bond acceptors (Lipinski definition) is 5. The average molecular weight is 521 g/mol. The van der Waals surface area contributed by atoms with E-state index >= 15 is 0 Å². The maximum Gasteiger partial charge on any atom is 0.505 e. The Kier molecular flexibility index (Phi) is 16.4. The molecule has 8 heteroatoms. The normalized spacial score (nSPS) is 14.0. The highest BCUT2D eigenvalue weighted by Crippen LogP contribution is 2.39. The molecule has 0 aromatic carbocycles. The van der Waals surface area contributed by atoms with Gasteiger partial charge in [0.2, 0.25) is 0 Å². The predicted octanol–water partition coefficient (Wildman–Crippen LogP) is 5.47. The van der Waals surface area contributed by atoms with Crippen LogP contribution in [0.2, 0.25) is 11.2 Å². The molecule has 0 spiro atoms. The van der Waals surface area contributed by atoms with Crippen LogP contribution in [0.25, 0.3) is 0 Å². The van der Waals surface area contributed by atoms with E-state index in [0.717, 1.165) is 12.5 Å². The van der Waals surface area contributed by atoms with Gasteiger partial charge in [0, 0.05) is 33.0 Å². The smallest absolute Gasteiger partial charge is 0.394 e.